The van der Waals surface area contributed by atoms with Crippen LogP contribution < -0.4 is 29.6 Å². The van der Waals surface area contributed by atoms with Gasteiger partial charge in [0.1, 0.15) is 0 Å². The molecule has 0 saturated carbocycles. The van der Waals surface area contributed by atoms with Crippen molar-refractivity contribution in [1.29, 1.82) is 0 Å². The molecule has 0 saturated heterocycles. The molecule has 0 aliphatic rings. The number of alkyl halides is 1. The first-order valence-electron chi connectivity index (χ1n) is 11.9. The molecule has 2 rings (SSSR count). The van der Waals surface area contributed by atoms with E-state index in [4.69, 9.17) is 9.84 Å². The van der Waals surface area contributed by atoms with Gasteiger partial charge in [-0.3, -0.25) is 0 Å². The van der Waals surface area contributed by atoms with Gasteiger partial charge in [0, 0.05) is 5.33 Å². The van der Waals surface area contributed by atoms with Crippen LogP contribution in [0.25, 0.3) is 0 Å². The fourth-order valence-electron chi connectivity index (χ4n) is 2.65. The summed E-state index contributed by atoms with van der Waals surface area (Å²) in [4.78, 5) is 0. The zero-order valence-corrected chi connectivity index (χ0v) is 26.0. The minimum Gasteiger partial charge on any atom is -1.00 e. The maximum absolute atomic E-state index is 10.0. The topological polar surface area (TPSA) is 69.9 Å². The van der Waals surface area contributed by atoms with Crippen molar-refractivity contribution in [3.05, 3.63) is 70.8 Å². The molecule has 2 aromatic rings. The Bertz CT molecular complexity index is 725. The van der Waals surface area contributed by atoms with Crippen molar-refractivity contribution < 1.29 is 51.0 Å². The second kappa shape index (κ2) is 19.9. The van der Waals surface area contributed by atoms with Crippen molar-refractivity contribution in [2.45, 2.75) is 90.4 Å². The average molecular weight is 550 g/mol. The van der Waals surface area contributed by atoms with Crippen molar-refractivity contribution in [2.24, 2.45) is 0 Å². The molecular formula is C28H46BrNaO4. The number of benzene rings is 2. The number of hydrogen-bond donors (Lipinski definition) is 3. The van der Waals surface area contributed by atoms with Crippen LogP contribution in [0.2, 0.25) is 0 Å². The van der Waals surface area contributed by atoms with Crippen LogP contribution in [0, 0.1) is 13.8 Å². The van der Waals surface area contributed by atoms with E-state index in [9.17, 15) is 10.2 Å². The van der Waals surface area contributed by atoms with Gasteiger partial charge < -0.3 is 21.5 Å². The molecule has 2 aromatic carbocycles. The van der Waals surface area contributed by atoms with Gasteiger partial charge in [-0.2, -0.15) is 0 Å². The van der Waals surface area contributed by atoms with Gasteiger partial charge in [-0.25, -0.2) is 0 Å². The minimum atomic E-state index is -0.819. The maximum Gasteiger partial charge on any atom is 1.00 e. The molecule has 0 bridgehead atoms. The summed E-state index contributed by atoms with van der Waals surface area (Å²) in [7, 11) is 0. The number of ether oxygens (including phenoxy) is 1. The first-order chi connectivity index (χ1) is 15.6. The quantitative estimate of drug-likeness (QED) is 0.313. The predicted molar refractivity (Wildman–Crippen MR) is 144 cm³/mol. The van der Waals surface area contributed by atoms with Gasteiger partial charge in [0.2, 0.25) is 0 Å². The van der Waals surface area contributed by atoms with E-state index in [-0.39, 0.29) is 37.6 Å². The van der Waals surface area contributed by atoms with Crippen molar-refractivity contribution in [3.63, 3.8) is 0 Å². The molecule has 6 heteroatoms. The largest absolute Gasteiger partial charge is 1.00 e. The smallest absolute Gasteiger partial charge is 1.00 e. The van der Waals surface area contributed by atoms with Crippen molar-refractivity contribution >= 4 is 15.9 Å². The molecule has 0 unspecified atom stereocenters. The standard InChI is InChI=1S/C14H22O2.C8H9Br.C6H14O2.Na.H/c1-4-14(15,5-2)11-16-10-13-8-6-12(3)7-9-13;1-7-2-4-8(6-9)5-3-7;1-3-6(8,4-2)5-7;;/h6-9,15H,4-5,10-11H2,1-3H3;2-5H,6H2,1H3;7-8H,3-5H2,1-2H3;;/q;;;+1;-1. The van der Waals surface area contributed by atoms with Gasteiger partial charge in [0.25, 0.3) is 0 Å². The van der Waals surface area contributed by atoms with Gasteiger partial charge in [-0.1, -0.05) is 103 Å². The molecule has 0 atom stereocenters. The van der Waals surface area contributed by atoms with E-state index in [0.717, 1.165) is 23.7 Å². The van der Waals surface area contributed by atoms with Gasteiger partial charge in [0.05, 0.1) is 31.0 Å². The van der Waals surface area contributed by atoms with E-state index >= 15 is 0 Å². The minimum absolute atomic E-state index is 0. The number of rotatable bonds is 10. The summed E-state index contributed by atoms with van der Waals surface area (Å²) in [6, 6.07) is 16.8. The Labute approximate surface area is 240 Å². The third-order valence-corrected chi connectivity index (χ3v) is 6.61. The molecule has 0 amide bonds. The average Bonchev–Trinajstić information content (AvgIpc) is 2.86. The van der Waals surface area contributed by atoms with E-state index in [1.165, 1.54) is 16.7 Å². The molecule has 0 radical (unpaired) electrons. The first kappa shape index (κ1) is 35.9. The molecule has 0 heterocycles. The van der Waals surface area contributed by atoms with Gasteiger partial charge in [-0.05, 0) is 50.7 Å². The fourth-order valence-corrected chi connectivity index (χ4v) is 3.02. The zero-order chi connectivity index (χ0) is 25.3. The maximum atomic E-state index is 10.0. The third-order valence-electron chi connectivity index (χ3n) is 5.96. The molecule has 0 fully saturated rings. The molecule has 4 nitrogen and oxygen atoms in total. The second-order valence-electron chi connectivity index (χ2n) is 8.62. The van der Waals surface area contributed by atoms with E-state index in [1.807, 2.05) is 27.7 Å². The Kier molecular flexibility index (Phi) is 21.0. The van der Waals surface area contributed by atoms with Crippen molar-refractivity contribution in [3.8, 4) is 0 Å². The normalized spacial score (nSPS) is 10.9. The summed E-state index contributed by atoms with van der Waals surface area (Å²) >= 11 is 3.38. The Morgan fingerprint density at radius 2 is 1.12 bits per heavy atom. The summed E-state index contributed by atoms with van der Waals surface area (Å²) in [5.74, 6) is 0. The van der Waals surface area contributed by atoms with E-state index < -0.39 is 11.2 Å². The number of aliphatic hydroxyl groups is 3. The molecule has 0 aromatic heterocycles. The monoisotopic (exact) mass is 548 g/mol. The molecule has 0 aliphatic carbocycles. The van der Waals surface area contributed by atoms with Crippen LogP contribution in [0.1, 0.15) is 77.1 Å². The second-order valence-corrected chi connectivity index (χ2v) is 9.18. The number of aryl methyl sites for hydroxylation is 2. The van der Waals surface area contributed by atoms with E-state index in [0.29, 0.717) is 26.1 Å². The van der Waals surface area contributed by atoms with Gasteiger partial charge in [0.15, 0.2) is 0 Å². The summed E-state index contributed by atoms with van der Waals surface area (Å²) in [5, 5.41) is 28.7. The summed E-state index contributed by atoms with van der Waals surface area (Å²) < 4.78 is 5.56. The Balaban J connectivity index is -0.000000463. The third kappa shape index (κ3) is 15.7. The molecule has 190 valence electrons. The van der Waals surface area contributed by atoms with Gasteiger partial charge in [-0.15, -0.1) is 0 Å². The molecule has 0 spiro atoms. The van der Waals surface area contributed by atoms with Crippen LogP contribution >= 0.6 is 15.9 Å². The SMILES string of the molecule is CCC(O)(CC)CO.CCC(O)(CC)COCc1ccc(C)cc1.Cc1ccc(CBr)cc1.[H-].[Na+]. The Morgan fingerprint density at radius 3 is 1.41 bits per heavy atom. The molecule has 34 heavy (non-hydrogen) atoms. The van der Waals surface area contributed by atoms with Crippen LogP contribution in [0.15, 0.2) is 48.5 Å². The van der Waals surface area contributed by atoms with Crippen LogP contribution in [0.3, 0.4) is 0 Å². The van der Waals surface area contributed by atoms with Crippen LogP contribution in [-0.4, -0.2) is 39.7 Å². The van der Waals surface area contributed by atoms with Crippen molar-refractivity contribution in [2.75, 3.05) is 13.2 Å². The van der Waals surface area contributed by atoms with E-state index in [1.54, 1.807) is 0 Å². The number of aliphatic hydroxyl groups excluding tert-OH is 1. The fraction of sp³-hybridized carbons (Fsp3) is 0.571. The zero-order valence-electron chi connectivity index (χ0n) is 23.4. The summed E-state index contributed by atoms with van der Waals surface area (Å²) in [6.45, 7) is 12.7. The molecule has 0 aliphatic heterocycles. The molecule has 3 N–H and O–H groups in total. The van der Waals surface area contributed by atoms with Crippen LogP contribution in [-0.2, 0) is 16.7 Å². The van der Waals surface area contributed by atoms with Crippen LogP contribution in [0.4, 0.5) is 0 Å². The Hall–Kier alpha value is -0.240. The van der Waals surface area contributed by atoms with Crippen LogP contribution in [0.5, 0.6) is 0 Å². The van der Waals surface area contributed by atoms with Crippen molar-refractivity contribution in [1.82, 2.24) is 0 Å². The Morgan fingerprint density at radius 1 is 0.735 bits per heavy atom. The molecular weight excluding hydrogens is 503 g/mol. The predicted octanol–water partition coefficient (Wildman–Crippen LogP) is 3.60. The number of hydrogen-bond acceptors (Lipinski definition) is 4. The summed E-state index contributed by atoms with van der Waals surface area (Å²) in [5.41, 5.74) is 3.58. The number of halogens is 1. The van der Waals surface area contributed by atoms with E-state index in [2.05, 4.69) is 78.3 Å². The summed E-state index contributed by atoms with van der Waals surface area (Å²) in [6.07, 6.45) is 2.72. The van der Waals surface area contributed by atoms with Gasteiger partial charge >= 0.3 is 29.6 Å². The first-order valence-corrected chi connectivity index (χ1v) is 13.0.